The zero-order valence-electron chi connectivity index (χ0n) is 11.8. The van der Waals surface area contributed by atoms with Crippen molar-refractivity contribution in [1.82, 2.24) is 19.9 Å². The second-order valence-corrected chi connectivity index (χ2v) is 5.07. The van der Waals surface area contributed by atoms with Gasteiger partial charge in [0.25, 0.3) is 0 Å². The van der Waals surface area contributed by atoms with Crippen LogP contribution in [0, 0.1) is 0 Å². The number of allylic oxidation sites excluding steroid dienone is 4. The molecule has 1 N–H and O–H groups in total. The maximum absolute atomic E-state index is 4.78. The lowest BCUT2D eigenvalue weighted by molar-refractivity contribution is 0.961. The number of nitrogens with one attached hydrogen (secondary N) is 1. The number of aromatic nitrogens is 4. The van der Waals surface area contributed by atoms with E-state index in [9.17, 15) is 0 Å². The van der Waals surface area contributed by atoms with E-state index in [1.54, 1.807) is 12.4 Å². The standard InChI is InChI=1S/C18H14N4/c1-2-8-13(7-1)18-21-16(14-9-3-5-11-19-14)17(22-18)15-10-4-6-12-20-15/h1-13H,(H,21,22). The molecule has 0 spiro atoms. The van der Waals surface area contributed by atoms with Gasteiger partial charge >= 0.3 is 0 Å². The first kappa shape index (κ1) is 12.7. The minimum atomic E-state index is 0.180. The van der Waals surface area contributed by atoms with Gasteiger partial charge in [-0.2, -0.15) is 0 Å². The largest absolute Gasteiger partial charge is 0.339 e. The molecule has 0 radical (unpaired) electrons. The predicted octanol–water partition coefficient (Wildman–Crippen LogP) is 3.74. The second kappa shape index (κ2) is 5.41. The van der Waals surface area contributed by atoms with Crippen LogP contribution in [0.5, 0.6) is 0 Å². The van der Waals surface area contributed by atoms with Crippen molar-refractivity contribution >= 4 is 0 Å². The highest BCUT2D eigenvalue weighted by molar-refractivity contribution is 5.74. The molecule has 0 amide bonds. The van der Waals surface area contributed by atoms with Crippen molar-refractivity contribution in [2.24, 2.45) is 0 Å². The maximum atomic E-state index is 4.78. The molecule has 0 aliphatic heterocycles. The molecule has 3 aromatic heterocycles. The molecule has 0 bridgehead atoms. The molecule has 4 heteroatoms. The summed E-state index contributed by atoms with van der Waals surface area (Å²) < 4.78 is 0. The third-order valence-electron chi connectivity index (χ3n) is 3.61. The average molecular weight is 286 g/mol. The molecule has 0 saturated carbocycles. The number of rotatable bonds is 3. The first-order valence-corrected chi connectivity index (χ1v) is 7.19. The second-order valence-electron chi connectivity index (χ2n) is 5.07. The van der Waals surface area contributed by atoms with E-state index in [-0.39, 0.29) is 5.92 Å². The summed E-state index contributed by atoms with van der Waals surface area (Å²) in [6.07, 6.45) is 11.9. The molecule has 0 atom stereocenters. The zero-order chi connectivity index (χ0) is 14.8. The minimum Gasteiger partial charge on any atom is -0.339 e. The van der Waals surface area contributed by atoms with E-state index in [2.05, 4.69) is 27.1 Å². The summed E-state index contributed by atoms with van der Waals surface area (Å²) in [7, 11) is 0. The van der Waals surface area contributed by atoms with Gasteiger partial charge in [0.1, 0.15) is 11.5 Å². The molecule has 3 aromatic rings. The van der Waals surface area contributed by atoms with Crippen LogP contribution in [0.3, 0.4) is 0 Å². The number of hydrogen-bond acceptors (Lipinski definition) is 3. The van der Waals surface area contributed by atoms with Gasteiger partial charge in [-0.25, -0.2) is 4.98 Å². The fraction of sp³-hybridized carbons (Fsp3) is 0.0556. The normalized spacial score (nSPS) is 13.8. The van der Waals surface area contributed by atoms with Gasteiger partial charge in [-0.15, -0.1) is 0 Å². The van der Waals surface area contributed by atoms with Crippen LogP contribution in [-0.4, -0.2) is 19.9 Å². The van der Waals surface area contributed by atoms with Gasteiger partial charge < -0.3 is 4.98 Å². The van der Waals surface area contributed by atoms with E-state index in [0.29, 0.717) is 0 Å². The van der Waals surface area contributed by atoms with Crippen molar-refractivity contribution in [2.75, 3.05) is 0 Å². The van der Waals surface area contributed by atoms with Gasteiger partial charge in [0.15, 0.2) is 0 Å². The molecule has 0 aromatic carbocycles. The molecule has 106 valence electrons. The quantitative estimate of drug-likeness (QED) is 0.798. The van der Waals surface area contributed by atoms with E-state index < -0.39 is 0 Å². The Bertz CT molecular complexity index is 763. The van der Waals surface area contributed by atoms with E-state index >= 15 is 0 Å². The van der Waals surface area contributed by atoms with E-state index in [1.165, 1.54) is 0 Å². The van der Waals surface area contributed by atoms with Gasteiger partial charge in [-0.1, -0.05) is 36.4 Å². The number of aromatic amines is 1. The first-order chi connectivity index (χ1) is 10.9. The summed E-state index contributed by atoms with van der Waals surface area (Å²) in [6.45, 7) is 0. The van der Waals surface area contributed by atoms with Crippen LogP contribution in [0.15, 0.2) is 73.1 Å². The summed E-state index contributed by atoms with van der Waals surface area (Å²) in [6, 6.07) is 11.7. The van der Waals surface area contributed by atoms with Crippen molar-refractivity contribution < 1.29 is 0 Å². The summed E-state index contributed by atoms with van der Waals surface area (Å²) >= 11 is 0. The van der Waals surface area contributed by atoms with Gasteiger partial charge in [0, 0.05) is 12.4 Å². The molecule has 1 aliphatic carbocycles. The Labute approximate surface area is 128 Å². The Morgan fingerprint density at radius 1 is 0.818 bits per heavy atom. The molecule has 0 unspecified atom stereocenters. The summed E-state index contributed by atoms with van der Waals surface area (Å²) in [4.78, 5) is 17.1. The van der Waals surface area contributed by atoms with Crippen molar-refractivity contribution in [2.45, 2.75) is 5.92 Å². The highest BCUT2D eigenvalue weighted by atomic mass is 15.0. The Balaban J connectivity index is 1.88. The first-order valence-electron chi connectivity index (χ1n) is 7.19. The molecule has 22 heavy (non-hydrogen) atoms. The Morgan fingerprint density at radius 3 is 2.14 bits per heavy atom. The predicted molar refractivity (Wildman–Crippen MR) is 86.1 cm³/mol. The van der Waals surface area contributed by atoms with Crippen LogP contribution >= 0.6 is 0 Å². The molecule has 3 heterocycles. The minimum absolute atomic E-state index is 0.180. The van der Waals surface area contributed by atoms with Gasteiger partial charge in [-0.3, -0.25) is 9.97 Å². The van der Waals surface area contributed by atoms with Crippen LogP contribution in [0.1, 0.15) is 11.7 Å². The molecular formula is C18H14N4. The van der Waals surface area contributed by atoms with E-state index in [0.717, 1.165) is 28.6 Å². The van der Waals surface area contributed by atoms with Crippen LogP contribution in [0.4, 0.5) is 0 Å². The fourth-order valence-electron chi connectivity index (χ4n) is 2.55. The fourth-order valence-corrected chi connectivity index (χ4v) is 2.55. The smallest absolute Gasteiger partial charge is 0.118 e. The summed E-state index contributed by atoms with van der Waals surface area (Å²) in [5, 5.41) is 0. The Kier molecular flexibility index (Phi) is 3.12. The van der Waals surface area contributed by atoms with E-state index in [4.69, 9.17) is 4.98 Å². The zero-order valence-corrected chi connectivity index (χ0v) is 11.8. The van der Waals surface area contributed by atoms with Crippen molar-refractivity contribution in [3.05, 3.63) is 78.9 Å². The van der Waals surface area contributed by atoms with Crippen molar-refractivity contribution in [1.29, 1.82) is 0 Å². The Hall–Kier alpha value is -3.01. The van der Waals surface area contributed by atoms with Crippen molar-refractivity contribution in [3.63, 3.8) is 0 Å². The molecule has 4 rings (SSSR count). The van der Waals surface area contributed by atoms with Crippen LogP contribution in [-0.2, 0) is 0 Å². The van der Waals surface area contributed by atoms with Gasteiger partial charge in [-0.05, 0) is 24.3 Å². The van der Waals surface area contributed by atoms with Gasteiger partial charge in [0.2, 0.25) is 0 Å². The maximum Gasteiger partial charge on any atom is 0.118 e. The van der Waals surface area contributed by atoms with Gasteiger partial charge in [0.05, 0.1) is 23.0 Å². The van der Waals surface area contributed by atoms with Crippen LogP contribution < -0.4 is 0 Å². The highest BCUT2D eigenvalue weighted by Crippen LogP contribution is 2.31. The molecule has 1 aliphatic rings. The monoisotopic (exact) mass is 286 g/mol. The SMILES string of the molecule is C1=CC(c2nc(-c3ccccn3)c(-c3ccccn3)[nH]2)C=C1. The topological polar surface area (TPSA) is 54.5 Å². The van der Waals surface area contributed by atoms with Crippen LogP contribution in [0.25, 0.3) is 22.8 Å². The Morgan fingerprint density at radius 2 is 1.50 bits per heavy atom. The molecule has 0 saturated heterocycles. The number of pyridine rings is 2. The third-order valence-corrected chi connectivity index (χ3v) is 3.61. The van der Waals surface area contributed by atoms with Crippen LogP contribution in [0.2, 0.25) is 0 Å². The number of imidazole rings is 1. The molecule has 4 nitrogen and oxygen atoms in total. The highest BCUT2D eigenvalue weighted by Gasteiger charge is 2.19. The lowest BCUT2D eigenvalue weighted by Crippen LogP contribution is -1.91. The lowest BCUT2D eigenvalue weighted by atomic mass is 10.2. The average Bonchev–Trinajstić information content (AvgIpc) is 3.26. The molecular weight excluding hydrogens is 272 g/mol. The molecule has 0 fully saturated rings. The number of hydrogen-bond donors (Lipinski definition) is 1. The number of H-pyrrole nitrogens is 1. The van der Waals surface area contributed by atoms with Crippen molar-refractivity contribution in [3.8, 4) is 22.8 Å². The number of nitrogens with zero attached hydrogens (tertiary/aromatic N) is 3. The third kappa shape index (κ3) is 2.24. The lowest BCUT2D eigenvalue weighted by Gasteiger charge is -2.01. The summed E-state index contributed by atoms with van der Waals surface area (Å²) in [5.74, 6) is 1.09. The van der Waals surface area contributed by atoms with E-state index in [1.807, 2.05) is 48.6 Å². The summed E-state index contributed by atoms with van der Waals surface area (Å²) in [5.41, 5.74) is 3.45.